The first-order chi connectivity index (χ1) is 29.8. The van der Waals surface area contributed by atoms with E-state index in [1.165, 1.54) is 22.9 Å². The van der Waals surface area contributed by atoms with Gasteiger partial charge in [-0.15, -0.1) is 0 Å². The number of benzene rings is 5. The number of aromatic nitrogens is 7. The van der Waals surface area contributed by atoms with E-state index in [0.717, 1.165) is 62.0 Å². The SMILES string of the molecule is COc1ccc2c(Oc3ccc(-c4cnc(Nc5cccc(C)c5)[nH]4)cc3)ccnc2c1.CSc1nc(N)cc(Oc2ccc(-c3cnc(Nc4cccc(C)c4)[nH]3)cc2)n1. The molecule has 0 aliphatic rings. The zero-order valence-corrected chi connectivity index (χ0v) is 34.6. The summed E-state index contributed by atoms with van der Waals surface area (Å²) < 4.78 is 17.2. The second-order valence-electron chi connectivity index (χ2n) is 13.8. The van der Waals surface area contributed by atoms with Gasteiger partial charge in [-0.3, -0.25) is 4.98 Å². The molecule has 0 saturated carbocycles. The molecule has 0 unspecified atom stereocenters. The van der Waals surface area contributed by atoms with Gasteiger partial charge in [0.15, 0.2) is 5.16 Å². The number of hydrogen-bond acceptors (Lipinski definition) is 12. The minimum Gasteiger partial charge on any atom is -0.497 e. The molecule has 61 heavy (non-hydrogen) atoms. The molecule has 9 rings (SSSR count). The quantitative estimate of drug-likeness (QED) is 0.0583. The first kappa shape index (κ1) is 40.0. The summed E-state index contributed by atoms with van der Waals surface area (Å²) in [6.45, 7) is 4.12. The van der Waals surface area contributed by atoms with Crippen LogP contribution in [0.5, 0.6) is 28.9 Å². The molecule has 0 aliphatic carbocycles. The van der Waals surface area contributed by atoms with E-state index in [2.05, 4.69) is 83.6 Å². The minimum atomic E-state index is 0.377. The van der Waals surface area contributed by atoms with Crippen molar-refractivity contribution in [1.82, 2.24) is 34.9 Å². The molecular weight excluding hydrogens is 785 g/mol. The van der Waals surface area contributed by atoms with E-state index in [9.17, 15) is 0 Å². The van der Waals surface area contributed by atoms with Crippen molar-refractivity contribution in [3.63, 3.8) is 0 Å². The Bertz CT molecular complexity index is 2900. The van der Waals surface area contributed by atoms with Crippen LogP contribution in [-0.2, 0) is 0 Å². The molecule has 4 heterocycles. The molecule has 0 radical (unpaired) electrons. The van der Waals surface area contributed by atoms with E-state index in [0.29, 0.717) is 34.5 Å². The summed E-state index contributed by atoms with van der Waals surface area (Å²) in [6, 6.07) is 41.1. The fourth-order valence-electron chi connectivity index (χ4n) is 6.32. The Balaban J connectivity index is 0.000000169. The number of anilines is 5. The molecular formula is C47H42N10O3S. The number of methoxy groups -OCH3 is 1. The molecule has 0 atom stereocenters. The second kappa shape index (κ2) is 18.4. The van der Waals surface area contributed by atoms with Gasteiger partial charge < -0.3 is 40.5 Å². The Kier molecular flexibility index (Phi) is 12.0. The van der Waals surface area contributed by atoms with Gasteiger partial charge in [0.05, 0.1) is 36.4 Å². The van der Waals surface area contributed by atoms with Crippen molar-refractivity contribution in [3.05, 3.63) is 157 Å². The molecule has 304 valence electrons. The highest BCUT2D eigenvalue weighted by molar-refractivity contribution is 7.98. The minimum absolute atomic E-state index is 0.377. The first-order valence-corrected chi connectivity index (χ1v) is 20.4. The van der Waals surface area contributed by atoms with Crippen molar-refractivity contribution in [2.45, 2.75) is 19.0 Å². The van der Waals surface area contributed by atoms with Gasteiger partial charge in [-0.05, 0) is 133 Å². The van der Waals surface area contributed by atoms with Gasteiger partial charge in [0.1, 0.15) is 28.8 Å². The predicted octanol–water partition coefficient (Wildman–Crippen LogP) is 11.5. The van der Waals surface area contributed by atoms with Crippen molar-refractivity contribution in [2.24, 2.45) is 0 Å². The maximum absolute atomic E-state index is 6.13. The number of nitrogens with zero attached hydrogens (tertiary/aromatic N) is 5. The average Bonchev–Trinajstić information content (AvgIpc) is 3.94. The molecule has 14 heteroatoms. The third-order valence-electron chi connectivity index (χ3n) is 9.29. The van der Waals surface area contributed by atoms with Crippen LogP contribution in [-0.4, -0.2) is 48.3 Å². The molecule has 0 spiro atoms. The lowest BCUT2D eigenvalue weighted by atomic mass is 10.1. The number of ether oxygens (including phenoxy) is 3. The van der Waals surface area contributed by atoms with E-state index in [1.807, 2.05) is 110 Å². The van der Waals surface area contributed by atoms with Gasteiger partial charge in [0, 0.05) is 35.1 Å². The Morgan fingerprint density at radius 1 is 0.607 bits per heavy atom. The van der Waals surface area contributed by atoms with Crippen LogP contribution in [0.2, 0.25) is 0 Å². The van der Waals surface area contributed by atoms with Crippen molar-refractivity contribution >= 4 is 51.8 Å². The number of aryl methyl sites for hydroxylation is 2. The van der Waals surface area contributed by atoms with E-state index in [-0.39, 0.29) is 0 Å². The third kappa shape index (κ3) is 10.2. The Hall–Kier alpha value is -7.84. The normalized spacial score (nSPS) is 10.8. The zero-order chi connectivity index (χ0) is 42.1. The molecule has 0 bridgehead atoms. The molecule has 5 aromatic carbocycles. The van der Waals surface area contributed by atoms with Gasteiger partial charge in [0.2, 0.25) is 17.8 Å². The maximum Gasteiger partial charge on any atom is 0.225 e. The van der Waals surface area contributed by atoms with Gasteiger partial charge >= 0.3 is 0 Å². The summed E-state index contributed by atoms with van der Waals surface area (Å²) >= 11 is 1.41. The highest BCUT2D eigenvalue weighted by Gasteiger charge is 2.10. The monoisotopic (exact) mass is 826 g/mol. The van der Waals surface area contributed by atoms with Crippen LogP contribution in [0.4, 0.5) is 29.1 Å². The van der Waals surface area contributed by atoms with Crippen LogP contribution in [0.15, 0.2) is 151 Å². The topological polar surface area (TPSA) is 174 Å². The Labute approximate surface area is 356 Å². The van der Waals surface area contributed by atoms with Crippen LogP contribution in [0.1, 0.15) is 11.1 Å². The number of nitrogen functional groups attached to an aromatic ring is 1. The lowest BCUT2D eigenvalue weighted by Gasteiger charge is -2.10. The fourth-order valence-corrected chi connectivity index (χ4v) is 6.69. The highest BCUT2D eigenvalue weighted by atomic mass is 32.2. The summed E-state index contributed by atoms with van der Waals surface area (Å²) in [7, 11) is 1.64. The highest BCUT2D eigenvalue weighted by Crippen LogP contribution is 2.32. The second-order valence-corrected chi connectivity index (χ2v) is 14.6. The molecule has 9 aromatic rings. The van der Waals surface area contributed by atoms with Crippen molar-refractivity contribution in [2.75, 3.05) is 29.7 Å². The number of rotatable bonds is 12. The average molecular weight is 827 g/mol. The van der Waals surface area contributed by atoms with Crippen molar-refractivity contribution < 1.29 is 14.2 Å². The summed E-state index contributed by atoms with van der Waals surface area (Å²) in [4.78, 5) is 28.3. The van der Waals surface area contributed by atoms with E-state index in [4.69, 9.17) is 19.9 Å². The largest absolute Gasteiger partial charge is 0.497 e. The number of imidazole rings is 2. The van der Waals surface area contributed by atoms with Gasteiger partial charge in [-0.25, -0.2) is 15.0 Å². The van der Waals surface area contributed by atoms with E-state index < -0.39 is 0 Å². The fraction of sp³-hybridized carbons (Fsp3) is 0.0851. The number of hydrogen-bond donors (Lipinski definition) is 5. The zero-order valence-electron chi connectivity index (χ0n) is 33.8. The molecule has 0 saturated heterocycles. The summed E-state index contributed by atoms with van der Waals surface area (Å²) in [5.74, 6) is 5.10. The lowest BCUT2D eigenvalue weighted by molar-refractivity contribution is 0.415. The van der Waals surface area contributed by atoms with Gasteiger partial charge in [0.25, 0.3) is 0 Å². The molecule has 4 aromatic heterocycles. The number of H-pyrrole nitrogens is 2. The van der Waals surface area contributed by atoms with E-state index >= 15 is 0 Å². The summed E-state index contributed by atoms with van der Waals surface area (Å²) in [5.41, 5.74) is 14.8. The Morgan fingerprint density at radius 3 is 1.74 bits per heavy atom. The van der Waals surface area contributed by atoms with Crippen LogP contribution in [0, 0.1) is 13.8 Å². The van der Waals surface area contributed by atoms with E-state index in [1.54, 1.807) is 25.6 Å². The number of thioether (sulfide) groups is 1. The standard InChI is InChI=1S/C26H22N4O2.C21H20N6OS/c1-17-4-3-5-19(14-17)29-26-28-16-24(30-26)18-6-8-20(9-7-18)32-25-12-13-27-23-15-21(31-2)10-11-22(23)25;1-13-4-3-5-15(10-13)24-20-23-12-17(25-20)14-6-8-16(9-7-14)28-19-11-18(22)26-21(27-19)29-2/h3-16H,1-2H3,(H2,28,29,30);3-12H,1-2H3,(H2,22,26,27)(H2,23,24,25). The van der Waals surface area contributed by atoms with Crippen LogP contribution in [0.3, 0.4) is 0 Å². The van der Waals surface area contributed by atoms with Crippen LogP contribution >= 0.6 is 11.8 Å². The molecule has 6 N–H and O–H groups in total. The summed E-state index contributed by atoms with van der Waals surface area (Å²) in [5, 5.41) is 8.07. The van der Waals surface area contributed by atoms with Crippen molar-refractivity contribution in [3.8, 4) is 51.4 Å². The van der Waals surface area contributed by atoms with Crippen LogP contribution in [0.25, 0.3) is 33.4 Å². The maximum atomic E-state index is 6.13. The number of nitrogens with one attached hydrogen (secondary N) is 4. The number of fused-ring (bicyclic) bond motifs is 1. The number of pyridine rings is 1. The van der Waals surface area contributed by atoms with Gasteiger partial charge in [-0.1, -0.05) is 36.0 Å². The molecule has 0 amide bonds. The smallest absolute Gasteiger partial charge is 0.225 e. The lowest BCUT2D eigenvalue weighted by Crippen LogP contribution is -1.97. The Morgan fingerprint density at radius 2 is 1.18 bits per heavy atom. The molecule has 13 nitrogen and oxygen atoms in total. The van der Waals surface area contributed by atoms with Gasteiger partial charge in [-0.2, -0.15) is 4.98 Å². The number of nitrogens with two attached hydrogens (primary N) is 1. The predicted molar refractivity (Wildman–Crippen MR) is 244 cm³/mol. The molecule has 0 fully saturated rings. The summed E-state index contributed by atoms with van der Waals surface area (Å²) in [6.07, 6.45) is 7.24. The number of aromatic amines is 2. The molecule has 0 aliphatic heterocycles. The third-order valence-corrected chi connectivity index (χ3v) is 9.84. The van der Waals surface area contributed by atoms with Crippen LogP contribution < -0.4 is 30.6 Å². The first-order valence-electron chi connectivity index (χ1n) is 19.2. The van der Waals surface area contributed by atoms with Crippen molar-refractivity contribution in [1.29, 1.82) is 0 Å².